The van der Waals surface area contributed by atoms with Crippen molar-refractivity contribution in [2.45, 2.75) is 26.4 Å². The van der Waals surface area contributed by atoms with Crippen LogP contribution in [0.3, 0.4) is 0 Å². The van der Waals surface area contributed by atoms with Gasteiger partial charge in [-0.15, -0.1) is 0 Å². The van der Waals surface area contributed by atoms with Crippen LogP contribution in [0.2, 0.25) is 0 Å². The Morgan fingerprint density at radius 2 is 1.20 bits per heavy atom. The van der Waals surface area contributed by atoms with Gasteiger partial charge >= 0.3 is 5.97 Å². The van der Waals surface area contributed by atoms with E-state index in [0.29, 0.717) is 38.6 Å². The average Bonchev–Trinajstić information content (AvgIpc) is 2.91. The Labute approximate surface area is 207 Å². The molecule has 0 atom stereocenters. The van der Waals surface area contributed by atoms with E-state index < -0.39 is 0 Å². The van der Waals surface area contributed by atoms with Crippen molar-refractivity contribution in [1.82, 2.24) is 0 Å². The largest absolute Gasteiger partial charge is 0.491 e. The van der Waals surface area contributed by atoms with Crippen molar-refractivity contribution in [3.63, 3.8) is 0 Å². The molecule has 35 heavy (non-hydrogen) atoms. The molecule has 0 heterocycles. The number of rotatable bonds is 15. The van der Waals surface area contributed by atoms with Gasteiger partial charge in [0.2, 0.25) is 0 Å². The second-order valence-electron chi connectivity index (χ2n) is 7.95. The minimum atomic E-state index is -0.347. The summed E-state index contributed by atoms with van der Waals surface area (Å²) in [5.41, 5.74) is 3.69. The number of unbranched alkanes of at least 4 members (excludes halogenated alkanes) is 1. The summed E-state index contributed by atoms with van der Waals surface area (Å²) in [6.07, 6.45) is 2.23. The highest BCUT2D eigenvalue weighted by Crippen LogP contribution is 2.25. The molecule has 0 aromatic heterocycles. The minimum Gasteiger partial charge on any atom is -0.491 e. The number of methoxy groups -OCH3 is 1. The van der Waals surface area contributed by atoms with Gasteiger partial charge in [0.05, 0.1) is 32.5 Å². The van der Waals surface area contributed by atoms with Crippen LogP contribution in [0.5, 0.6) is 11.5 Å². The van der Waals surface area contributed by atoms with Crippen LogP contribution in [0.25, 0.3) is 11.1 Å². The monoisotopic (exact) mass is 478 g/mol. The predicted octanol–water partition coefficient (Wildman–Crippen LogP) is 5.93. The van der Waals surface area contributed by atoms with E-state index in [9.17, 15) is 4.79 Å². The molecular weight excluding hydrogens is 444 g/mol. The summed E-state index contributed by atoms with van der Waals surface area (Å²) in [7, 11) is 1.37. The van der Waals surface area contributed by atoms with Crippen LogP contribution in [0.4, 0.5) is 0 Å². The number of ether oxygens (including phenoxy) is 5. The lowest BCUT2D eigenvalue weighted by molar-refractivity contribution is 0.0356. The molecule has 0 aliphatic heterocycles. The third-order valence-corrected chi connectivity index (χ3v) is 5.33. The van der Waals surface area contributed by atoms with Gasteiger partial charge in [-0.05, 0) is 59.5 Å². The fourth-order valence-electron chi connectivity index (χ4n) is 3.30. The van der Waals surface area contributed by atoms with Gasteiger partial charge in [-0.3, -0.25) is 0 Å². The maximum Gasteiger partial charge on any atom is 0.337 e. The standard InChI is InChI=1S/C29H34O6/c1-3-4-17-32-18-19-33-20-21-34-27-13-9-24(10-14-27)25-11-15-28(16-12-25)35-22-23-5-7-26(8-6-23)29(30)31-2/h5-16H,3-4,17-22H2,1-2H3. The molecule has 0 fully saturated rings. The number of benzene rings is 3. The van der Waals surface area contributed by atoms with Gasteiger partial charge in [-0.1, -0.05) is 49.7 Å². The number of carbonyl (C=O) groups is 1. The fraction of sp³-hybridized carbons (Fsp3) is 0.345. The quantitative estimate of drug-likeness (QED) is 0.199. The van der Waals surface area contributed by atoms with Crippen molar-refractivity contribution in [2.24, 2.45) is 0 Å². The lowest BCUT2D eigenvalue weighted by Crippen LogP contribution is -2.11. The minimum absolute atomic E-state index is 0.347. The normalized spacial score (nSPS) is 10.7. The highest BCUT2D eigenvalue weighted by atomic mass is 16.5. The Balaban J connectivity index is 1.38. The van der Waals surface area contributed by atoms with Gasteiger partial charge in [0.1, 0.15) is 24.7 Å². The van der Waals surface area contributed by atoms with Crippen molar-refractivity contribution in [3.8, 4) is 22.6 Å². The predicted molar refractivity (Wildman–Crippen MR) is 136 cm³/mol. The highest BCUT2D eigenvalue weighted by Gasteiger charge is 2.05. The average molecular weight is 479 g/mol. The van der Waals surface area contributed by atoms with Crippen LogP contribution in [0.1, 0.15) is 35.7 Å². The Morgan fingerprint density at radius 1 is 0.657 bits per heavy atom. The molecule has 186 valence electrons. The molecular formula is C29H34O6. The zero-order valence-electron chi connectivity index (χ0n) is 20.5. The van der Waals surface area contributed by atoms with E-state index in [1.54, 1.807) is 12.1 Å². The third kappa shape index (κ3) is 9.08. The van der Waals surface area contributed by atoms with E-state index in [1.807, 2.05) is 60.7 Å². The van der Waals surface area contributed by atoms with Crippen LogP contribution in [-0.4, -0.2) is 46.1 Å². The summed E-state index contributed by atoms with van der Waals surface area (Å²) in [5.74, 6) is 1.25. The molecule has 3 aromatic rings. The van der Waals surface area contributed by atoms with Crippen molar-refractivity contribution in [3.05, 3.63) is 83.9 Å². The summed E-state index contributed by atoms with van der Waals surface area (Å²) in [4.78, 5) is 11.5. The summed E-state index contributed by atoms with van der Waals surface area (Å²) in [6.45, 7) is 5.63. The molecule has 3 aromatic carbocycles. The molecule has 0 N–H and O–H groups in total. The molecule has 3 rings (SSSR count). The lowest BCUT2D eigenvalue weighted by Gasteiger charge is -2.10. The molecule has 0 aliphatic rings. The van der Waals surface area contributed by atoms with E-state index in [1.165, 1.54) is 7.11 Å². The number of esters is 1. The Bertz CT molecular complexity index is 997. The fourth-order valence-corrected chi connectivity index (χ4v) is 3.30. The first-order chi connectivity index (χ1) is 17.2. The summed E-state index contributed by atoms with van der Waals surface area (Å²) >= 11 is 0. The summed E-state index contributed by atoms with van der Waals surface area (Å²) in [5, 5.41) is 0. The topological polar surface area (TPSA) is 63.2 Å². The van der Waals surface area contributed by atoms with E-state index in [2.05, 4.69) is 6.92 Å². The number of hydrogen-bond acceptors (Lipinski definition) is 6. The first kappa shape index (κ1) is 26.3. The van der Waals surface area contributed by atoms with E-state index in [4.69, 9.17) is 23.7 Å². The number of carbonyl (C=O) groups excluding carboxylic acids is 1. The maximum absolute atomic E-state index is 11.5. The van der Waals surface area contributed by atoms with Gasteiger partial charge in [0.15, 0.2) is 0 Å². The molecule has 0 amide bonds. The van der Waals surface area contributed by atoms with Crippen LogP contribution >= 0.6 is 0 Å². The number of hydrogen-bond donors (Lipinski definition) is 0. The Hall–Kier alpha value is -3.35. The zero-order chi connectivity index (χ0) is 24.7. The van der Waals surface area contributed by atoms with Crippen molar-refractivity contribution < 1.29 is 28.5 Å². The Kier molecular flexibility index (Phi) is 11.1. The van der Waals surface area contributed by atoms with Crippen molar-refractivity contribution in [1.29, 1.82) is 0 Å². The molecule has 0 saturated carbocycles. The molecule has 6 nitrogen and oxygen atoms in total. The summed E-state index contributed by atoms with van der Waals surface area (Å²) in [6, 6.07) is 23.2. The molecule has 0 aliphatic carbocycles. The second-order valence-corrected chi connectivity index (χ2v) is 7.95. The second kappa shape index (κ2) is 14.8. The SMILES string of the molecule is CCCCOCCOCCOc1ccc(-c2ccc(OCc3ccc(C(=O)OC)cc3)cc2)cc1. The molecule has 0 spiro atoms. The van der Waals surface area contributed by atoms with Crippen LogP contribution in [0.15, 0.2) is 72.8 Å². The molecule has 6 heteroatoms. The maximum atomic E-state index is 11.5. The highest BCUT2D eigenvalue weighted by molar-refractivity contribution is 5.89. The first-order valence-electron chi connectivity index (χ1n) is 12.0. The van der Waals surface area contributed by atoms with Gasteiger partial charge in [0, 0.05) is 6.61 Å². The van der Waals surface area contributed by atoms with Crippen LogP contribution in [0, 0.1) is 0 Å². The lowest BCUT2D eigenvalue weighted by atomic mass is 10.1. The zero-order valence-corrected chi connectivity index (χ0v) is 20.5. The molecule has 0 saturated heterocycles. The van der Waals surface area contributed by atoms with Gasteiger partial charge in [-0.25, -0.2) is 4.79 Å². The Morgan fingerprint density at radius 3 is 1.77 bits per heavy atom. The van der Waals surface area contributed by atoms with Crippen LogP contribution in [-0.2, 0) is 20.8 Å². The summed E-state index contributed by atoms with van der Waals surface area (Å²) < 4.78 is 27.3. The van der Waals surface area contributed by atoms with Gasteiger partial charge < -0.3 is 23.7 Å². The van der Waals surface area contributed by atoms with E-state index in [-0.39, 0.29) is 5.97 Å². The van der Waals surface area contributed by atoms with Crippen LogP contribution < -0.4 is 9.47 Å². The molecule has 0 bridgehead atoms. The third-order valence-electron chi connectivity index (χ3n) is 5.33. The molecule has 0 unspecified atom stereocenters. The van der Waals surface area contributed by atoms with Gasteiger partial charge in [0.25, 0.3) is 0 Å². The first-order valence-corrected chi connectivity index (χ1v) is 12.0. The van der Waals surface area contributed by atoms with E-state index >= 15 is 0 Å². The van der Waals surface area contributed by atoms with Crippen molar-refractivity contribution in [2.75, 3.05) is 40.1 Å². The van der Waals surface area contributed by atoms with E-state index in [0.717, 1.165) is 47.6 Å². The van der Waals surface area contributed by atoms with Crippen molar-refractivity contribution >= 4 is 5.97 Å². The smallest absolute Gasteiger partial charge is 0.337 e. The van der Waals surface area contributed by atoms with Gasteiger partial charge in [-0.2, -0.15) is 0 Å². The molecule has 0 radical (unpaired) electrons.